The van der Waals surface area contributed by atoms with Crippen molar-refractivity contribution < 1.29 is 5.11 Å². The van der Waals surface area contributed by atoms with Gasteiger partial charge in [0.05, 0.1) is 50.3 Å². The number of phenols is 1. The monoisotopic (exact) mass is 1200 g/mol. The topological polar surface area (TPSA) is 211 Å². The van der Waals surface area contributed by atoms with Crippen LogP contribution in [0.1, 0.15) is 68.4 Å². The van der Waals surface area contributed by atoms with E-state index in [4.69, 9.17) is 41.4 Å². The van der Waals surface area contributed by atoms with Crippen molar-refractivity contribution in [1.29, 1.82) is 0 Å². The van der Waals surface area contributed by atoms with E-state index in [1.54, 1.807) is 64.7 Å². The number of aromatic nitrogens is 10. The van der Waals surface area contributed by atoms with Gasteiger partial charge in [-0.15, -0.1) is 34.0 Å². The molecule has 16 nitrogen and oxygen atoms in total. The molecule has 3 saturated heterocycles. The van der Waals surface area contributed by atoms with Crippen LogP contribution in [0.3, 0.4) is 0 Å². The number of piperidine rings is 3. The van der Waals surface area contributed by atoms with Crippen LogP contribution in [-0.4, -0.2) is 94.2 Å². The van der Waals surface area contributed by atoms with Gasteiger partial charge in [-0.2, -0.15) is 0 Å². The Labute approximate surface area is 447 Å². The Morgan fingerprint density at radius 3 is 1.54 bits per heavy atom. The summed E-state index contributed by atoms with van der Waals surface area (Å²) in [6.07, 6.45) is 16.2. The number of phenolic OH excluding ortho intramolecular Hbond substituents is 1. The Bertz CT molecular complexity index is 3350. The third-order valence-corrected chi connectivity index (χ3v) is 18.7. The van der Waals surface area contributed by atoms with Crippen molar-refractivity contribution in [3.05, 3.63) is 77.6 Å². The molecule has 0 bridgehead atoms. The Morgan fingerprint density at radius 2 is 1.01 bits per heavy atom. The first kappa shape index (κ1) is 49.3. The van der Waals surface area contributed by atoms with E-state index in [9.17, 15) is 5.11 Å². The number of anilines is 5. The van der Waals surface area contributed by atoms with Gasteiger partial charge in [0.15, 0.2) is 0 Å². The smallest absolute Gasteiger partial charge is 0.226 e. The van der Waals surface area contributed by atoms with Crippen LogP contribution in [0.15, 0.2) is 67.0 Å². The average molecular weight is 1200 g/mol. The summed E-state index contributed by atoms with van der Waals surface area (Å²) < 4.78 is 6.18. The second-order valence-electron chi connectivity index (χ2n) is 17.5. The number of thiophene rings is 3. The number of fused-ring (bicyclic) bond motifs is 3. The van der Waals surface area contributed by atoms with Crippen LogP contribution in [0.2, 0.25) is 0 Å². The molecule has 11 heterocycles. The minimum Gasteiger partial charge on any atom is -0.508 e. The fraction of sp³-hybridized carbons (Fsp3) is 0.347. The molecule has 0 spiro atoms. The predicted octanol–water partition coefficient (Wildman–Crippen LogP) is 12.4. The lowest BCUT2D eigenvalue weighted by Gasteiger charge is -2.27. The molecule has 3 aliphatic rings. The number of nitrogen functional groups attached to an aromatic ring is 2. The van der Waals surface area contributed by atoms with Gasteiger partial charge in [-0.05, 0) is 132 Å². The summed E-state index contributed by atoms with van der Waals surface area (Å²) in [4.78, 5) is 53.7. The Balaban J connectivity index is 0.000000123. The van der Waals surface area contributed by atoms with E-state index in [0.717, 1.165) is 141 Å². The number of aryl methyl sites for hydroxylation is 2. The van der Waals surface area contributed by atoms with E-state index in [1.807, 2.05) is 24.4 Å². The molecule has 3 fully saturated rings. The molecule has 5 N–H and O–H groups in total. The van der Waals surface area contributed by atoms with Gasteiger partial charge in [-0.25, -0.2) is 49.8 Å². The van der Waals surface area contributed by atoms with Crippen molar-refractivity contribution >= 4 is 142 Å². The van der Waals surface area contributed by atoms with E-state index in [-0.39, 0.29) is 17.6 Å². The van der Waals surface area contributed by atoms with Gasteiger partial charge >= 0.3 is 0 Å². The maximum atomic E-state index is 9.81. The summed E-state index contributed by atoms with van der Waals surface area (Å²) in [6, 6.07) is 7.27. The number of hydrogen-bond donors (Lipinski definition) is 3. The van der Waals surface area contributed by atoms with E-state index in [1.165, 1.54) is 62.7 Å². The second-order valence-corrected chi connectivity index (χ2v) is 23.0. The Morgan fingerprint density at radius 1 is 0.535 bits per heavy atom. The Kier molecular flexibility index (Phi) is 15.2. The molecule has 22 heteroatoms. The standard InChI is InChI=1S/C17H16BrN3OS.2C16H17BrN6S/c18-13-10-23-16-14(11-5-4-6-12(22)9-11)19-17(20-15(13)16)21-7-2-1-3-8-21;1-9-10(7-19-15(18)20-9)12-14-13(11(17)8-24-14)22-16(21-12)23-5-3-2-4-6-23;1-9-11(17)13-14(24-9)12(10-7-19-15(18)20-8-10)21-16(22-13)23-5-3-2-4-6-23/h4-6,9-10,22H,1-3,7-8H2;2*7-8H,2-6H2,1H3,(H2,18,19,20). The summed E-state index contributed by atoms with van der Waals surface area (Å²) >= 11 is 15.8. The number of hydrogen-bond acceptors (Lipinski definition) is 19. The van der Waals surface area contributed by atoms with Gasteiger partial charge in [-0.3, -0.25) is 0 Å². The number of halogens is 3. The van der Waals surface area contributed by atoms with Crippen molar-refractivity contribution in [1.82, 2.24) is 49.8 Å². The highest BCUT2D eigenvalue weighted by molar-refractivity contribution is 9.11. The molecular weight excluding hydrogens is 1150 g/mol. The lowest BCUT2D eigenvalue weighted by Crippen LogP contribution is -2.31. The normalized spacial score (nSPS) is 15.2. The summed E-state index contributed by atoms with van der Waals surface area (Å²) in [5, 5.41) is 13.9. The summed E-state index contributed by atoms with van der Waals surface area (Å²) in [5.74, 6) is 3.16. The van der Waals surface area contributed by atoms with Gasteiger partial charge in [0, 0.05) is 90.2 Å². The fourth-order valence-corrected chi connectivity index (χ4v) is 13.7. The largest absolute Gasteiger partial charge is 0.508 e. The molecule has 0 amide bonds. The van der Waals surface area contributed by atoms with Gasteiger partial charge in [0.25, 0.3) is 0 Å². The van der Waals surface area contributed by atoms with E-state index in [0.29, 0.717) is 0 Å². The fourth-order valence-electron chi connectivity index (χ4n) is 8.92. The molecule has 0 aliphatic carbocycles. The molecule has 9 aromatic rings. The molecule has 0 atom stereocenters. The first-order chi connectivity index (χ1) is 34.5. The molecule has 3 aliphatic heterocycles. The molecule has 0 saturated carbocycles. The maximum absolute atomic E-state index is 9.81. The lowest BCUT2D eigenvalue weighted by atomic mass is 10.1. The van der Waals surface area contributed by atoms with Crippen LogP contribution in [0.5, 0.6) is 5.75 Å². The van der Waals surface area contributed by atoms with Crippen molar-refractivity contribution in [2.24, 2.45) is 0 Å². The molecule has 12 rings (SSSR count). The van der Waals surface area contributed by atoms with Crippen molar-refractivity contribution in [2.75, 3.05) is 65.4 Å². The van der Waals surface area contributed by atoms with Gasteiger partial charge in [0.2, 0.25) is 29.7 Å². The molecular formula is C49H50Br3N15OS3. The number of benzene rings is 1. The number of rotatable bonds is 6. The highest BCUT2D eigenvalue weighted by atomic mass is 79.9. The number of nitrogens with zero attached hydrogens (tertiary/aromatic N) is 13. The third kappa shape index (κ3) is 10.8. The van der Waals surface area contributed by atoms with E-state index in [2.05, 4.69) is 94.7 Å². The van der Waals surface area contributed by atoms with Gasteiger partial charge < -0.3 is 31.3 Å². The van der Waals surface area contributed by atoms with Crippen LogP contribution in [0, 0.1) is 13.8 Å². The van der Waals surface area contributed by atoms with Crippen molar-refractivity contribution in [3.63, 3.8) is 0 Å². The predicted molar refractivity (Wildman–Crippen MR) is 301 cm³/mol. The molecule has 8 aromatic heterocycles. The van der Waals surface area contributed by atoms with E-state index >= 15 is 0 Å². The average Bonchev–Trinajstić information content (AvgIpc) is 4.07. The second kappa shape index (κ2) is 21.8. The Hall–Kier alpha value is -5.26. The van der Waals surface area contributed by atoms with Gasteiger partial charge in [-0.1, -0.05) is 12.1 Å². The zero-order chi connectivity index (χ0) is 49.2. The van der Waals surface area contributed by atoms with Crippen LogP contribution in [0.25, 0.3) is 64.4 Å². The van der Waals surface area contributed by atoms with Crippen LogP contribution in [-0.2, 0) is 0 Å². The maximum Gasteiger partial charge on any atom is 0.226 e. The quantitative estimate of drug-likeness (QED) is 0.141. The summed E-state index contributed by atoms with van der Waals surface area (Å²) in [7, 11) is 0. The van der Waals surface area contributed by atoms with Gasteiger partial charge in [0.1, 0.15) is 22.3 Å². The molecule has 1 aromatic carbocycles. The van der Waals surface area contributed by atoms with Crippen LogP contribution in [0.4, 0.5) is 29.7 Å². The first-order valence-electron chi connectivity index (χ1n) is 23.6. The molecule has 366 valence electrons. The number of aromatic hydroxyl groups is 1. The molecule has 0 radical (unpaired) electrons. The highest BCUT2D eigenvalue weighted by Crippen LogP contribution is 2.42. The minimum atomic E-state index is 0.254. The SMILES string of the molecule is Cc1nc(N)ncc1-c1nc(N2CCCCC2)nc2c(Br)csc12.Cc1sc2c(-c3cnc(N)nc3)nc(N3CCCCC3)nc2c1Br.Oc1cccc(-c2nc(N3CCCCC3)nc3c(Br)csc23)c1. The highest BCUT2D eigenvalue weighted by Gasteiger charge is 2.24. The van der Waals surface area contributed by atoms with Crippen molar-refractivity contribution in [2.45, 2.75) is 71.6 Å². The first-order valence-corrected chi connectivity index (χ1v) is 28.5. The minimum absolute atomic E-state index is 0.254. The van der Waals surface area contributed by atoms with Crippen molar-refractivity contribution in [3.8, 4) is 39.5 Å². The van der Waals surface area contributed by atoms with Crippen LogP contribution < -0.4 is 26.2 Å². The summed E-state index contributed by atoms with van der Waals surface area (Å²) in [5.41, 5.74) is 20.3. The van der Waals surface area contributed by atoms with Crippen LogP contribution >= 0.6 is 81.8 Å². The zero-order valence-corrected chi connectivity index (χ0v) is 46.3. The zero-order valence-electron chi connectivity index (χ0n) is 39.1. The number of nitrogens with two attached hydrogens (primary N) is 2. The molecule has 0 unspecified atom stereocenters. The summed E-state index contributed by atoms with van der Waals surface area (Å²) in [6.45, 7) is 10.0. The third-order valence-electron chi connectivity index (χ3n) is 12.6. The molecule has 71 heavy (non-hydrogen) atoms. The lowest BCUT2D eigenvalue weighted by molar-refractivity contribution is 0.475. The van der Waals surface area contributed by atoms with E-state index < -0.39 is 0 Å².